The largest absolute Gasteiger partial charge is 0.493 e. The Hall–Kier alpha value is -1.77. The van der Waals surface area contributed by atoms with Gasteiger partial charge in [0, 0.05) is 0 Å². The number of ether oxygens (including phenoxy) is 1. The SMILES string of the molecule is C=CCCCCCCOc1ccccc1C(=O)O. The lowest BCUT2D eigenvalue weighted by molar-refractivity contribution is 0.0692. The number of hydrogen-bond acceptors (Lipinski definition) is 2. The number of unbranched alkanes of at least 4 members (excludes halogenated alkanes) is 4. The molecule has 0 radical (unpaired) electrons. The van der Waals surface area contributed by atoms with E-state index in [2.05, 4.69) is 6.58 Å². The predicted octanol–water partition coefficient (Wildman–Crippen LogP) is 3.90. The highest BCUT2D eigenvalue weighted by molar-refractivity contribution is 5.90. The summed E-state index contributed by atoms with van der Waals surface area (Å²) < 4.78 is 5.50. The van der Waals surface area contributed by atoms with Gasteiger partial charge in [0.25, 0.3) is 0 Å². The van der Waals surface area contributed by atoms with Crippen molar-refractivity contribution in [3.05, 3.63) is 42.5 Å². The molecule has 0 spiro atoms. The Morgan fingerprint density at radius 3 is 2.67 bits per heavy atom. The van der Waals surface area contributed by atoms with E-state index in [1.54, 1.807) is 24.3 Å². The van der Waals surface area contributed by atoms with Gasteiger partial charge in [-0.25, -0.2) is 4.79 Å². The Kier molecular flexibility index (Phi) is 6.62. The van der Waals surface area contributed by atoms with Crippen LogP contribution in [0.2, 0.25) is 0 Å². The Bertz CT molecular complexity index is 385. The van der Waals surface area contributed by atoms with Gasteiger partial charge in [0.15, 0.2) is 0 Å². The second-order valence-corrected chi connectivity index (χ2v) is 4.14. The summed E-state index contributed by atoms with van der Waals surface area (Å²) in [4.78, 5) is 10.9. The average Bonchev–Trinajstić information content (AvgIpc) is 2.38. The molecule has 0 heterocycles. The van der Waals surface area contributed by atoms with Crippen LogP contribution in [0.5, 0.6) is 5.75 Å². The average molecular weight is 248 g/mol. The summed E-state index contributed by atoms with van der Waals surface area (Å²) in [6, 6.07) is 6.74. The molecule has 3 heteroatoms. The minimum atomic E-state index is -0.948. The standard InChI is InChI=1S/C15H20O3/c1-2-3-4-5-6-9-12-18-14-11-8-7-10-13(14)15(16)17/h2,7-8,10-11H,1,3-6,9,12H2,(H,16,17). The van der Waals surface area contributed by atoms with Crippen LogP contribution in [-0.2, 0) is 0 Å². The van der Waals surface area contributed by atoms with Crippen LogP contribution in [-0.4, -0.2) is 17.7 Å². The molecule has 0 bridgehead atoms. The number of para-hydroxylation sites is 1. The fourth-order valence-corrected chi connectivity index (χ4v) is 1.70. The minimum absolute atomic E-state index is 0.226. The number of aromatic carboxylic acids is 1. The van der Waals surface area contributed by atoms with Crippen molar-refractivity contribution in [3.8, 4) is 5.75 Å². The van der Waals surface area contributed by atoms with Gasteiger partial charge in [-0.1, -0.05) is 31.1 Å². The third-order valence-corrected chi connectivity index (χ3v) is 2.68. The van der Waals surface area contributed by atoms with E-state index in [4.69, 9.17) is 9.84 Å². The van der Waals surface area contributed by atoms with Crippen molar-refractivity contribution < 1.29 is 14.6 Å². The molecule has 0 fully saturated rings. The first-order valence-electron chi connectivity index (χ1n) is 6.31. The molecule has 0 aromatic heterocycles. The lowest BCUT2D eigenvalue weighted by Crippen LogP contribution is -2.04. The van der Waals surface area contributed by atoms with Crippen molar-refractivity contribution in [2.75, 3.05) is 6.61 Å². The molecule has 1 N–H and O–H groups in total. The van der Waals surface area contributed by atoms with Crippen LogP contribution in [0.4, 0.5) is 0 Å². The molecule has 18 heavy (non-hydrogen) atoms. The molecule has 3 nitrogen and oxygen atoms in total. The molecule has 0 atom stereocenters. The third kappa shape index (κ3) is 5.04. The second kappa shape index (κ2) is 8.34. The molecule has 0 saturated heterocycles. The van der Waals surface area contributed by atoms with Gasteiger partial charge in [-0.05, 0) is 31.4 Å². The molecule has 98 valence electrons. The van der Waals surface area contributed by atoms with Crippen LogP contribution < -0.4 is 4.74 Å². The molecule has 0 aliphatic carbocycles. The Morgan fingerprint density at radius 2 is 1.94 bits per heavy atom. The van der Waals surface area contributed by atoms with Crippen molar-refractivity contribution >= 4 is 5.97 Å². The smallest absolute Gasteiger partial charge is 0.339 e. The molecule has 1 aromatic rings. The van der Waals surface area contributed by atoms with Gasteiger partial charge in [0.2, 0.25) is 0 Å². The maximum Gasteiger partial charge on any atom is 0.339 e. The topological polar surface area (TPSA) is 46.5 Å². The van der Waals surface area contributed by atoms with Crippen molar-refractivity contribution in [3.63, 3.8) is 0 Å². The fraction of sp³-hybridized carbons (Fsp3) is 0.400. The minimum Gasteiger partial charge on any atom is -0.493 e. The number of hydrogen-bond donors (Lipinski definition) is 1. The zero-order chi connectivity index (χ0) is 13.2. The molecule has 1 aromatic carbocycles. The first-order valence-corrected chi connectivity index (χ1v) is 6.31. The van der Waals surface area contributed by atoms with Gasteiger partial charge < -0.3 is 9.84 Å². The number of carbonyl (C=O) groups is 1. The van der Waals surface area contributed by atoms with E-state index in [0.717, 1.165) is 32.1 Å². The molecular formula is C15H20O3. The number of rotatable bonds is 9. The lowest BCUT2D eigenvalue weighted by atomic mass is 10.1. The highest BCUT2D eigenvalue weighted by atomic mass is 16.5. The summed E-state index contributed by atoms with van der Waals surface area (Å²) in [5.41, 5.74) is 0.226. The maximum absolute atomic E-state index is 10.9. The lowest BCUT2D eigenvalue weighted by Gasteiger charge is -2.08. The van der Waals surface area contributed by atoms with E-state index in [-0.39, 0.29) is 5.56 Å². The summed E-state index contributed by atoms with van der Waals surface area (Å²) in [6.07, 6.45) is 7.36. The molecule has 1 rings (SSSR count). The Labute approximate surface area is 108 Å². The molecular weight excluding hydrogens is 228 g/mol. The van der Waals surface area contributed by atoms with Crippen molar-refractivity contribution in [2.45, 2.75) is 32.1 Å². The van der Waals surface area contributed by atoms with Gasteiger partial charge in [0.1, 0.15) is 11.3 Å². The van der Waals surface area contributed by atoms with E-state index < -0.39 is 5.97 Å². The van der Waals surface area contributed by atoms with Crippen molar-refractivity contribution in [2.24, 2.45) is 0 Å². The van der Waals surface area contributed by atoms with E-state index in [1.807, 2.05) is 6.08 Å². The number of carboxylic acid groups (broad SMARTS) is 1. The normalized spacial score (nSPS) is 10.0. The number of allylic oxidation sites excluding steroid dienone is 1. The van der Waals surface area contributed by atoms with E-state index in [0.29, 0.717) is 12.4 Å². The van der Waals surface area contributed by atoms with Crippen LogP contribution >= 0.6 is 0 Å². The second-order valence-electron chi connectivity index (χ2n) is 4.14. The van der Waals surface area contributed by atoms with Crippen LogP contribution in [0.1, 0.15) is 42.5 Å². The van der Waals surface area contributed by atoms with Crippen LogP contribution in [0.15, 0.2) is 36.9 Å². The summed E-state index contributed by atoms with van der Waals surface area (Å²) in [5.74, 6) is -0.493. The van der Waals surface area contributed by atoms with E-state index in [9.17, 15) is 4.79 Å². The predicted molar refractivity (Wildman–Crippen MR) is 72.2 cm³/mol. The first kappa shape index (κ1) is 14.3. The molecule has 0 unspecified atom stereocenters. The Morgan fingerprint density at radius 1 is 1.22 bits per heavy atom. The van der Waals surface area contributed by atoms with E-state index >= 15 is 0 Å². The summed E-state index contributed by atoms with van der Waals surface area (Å²) in [7, 11) is 0. The van der Waals surface area contributed by atoms with Gasteiger partial charge in [-0.3, -0.25) is 0 Å². The van der Waals surface area contributed by atoms with Crippen LogP contribution in [0.3, 0.4) is 0 Å². The first-order chi connectivity index (χ1) is 8.75. The maximum atomic E-state index is 10.9. The number of benzene rings is 1. The van der Waals surface area contributed by atoms with Gasteiger partial charge in [0.05, 0.1) is 6.61 Å². The van der Waals surface area contributed by atoms with E-state index in [1.165, 1.54) is 0 Å². The number of carboxylic acids is 1. The highest BCUT2D eigenvalue weighted by Gasteiger charge is 2.09. The van der Waals surface area contributed by atoms with Crippen molar-refractivity contribution in [1.82, 2.24) is 0 Å². The zero-order valence-electron chi connectivity index (χ0n) is 10.6. The molecule has 0 aliphatic rings. The summed E-state index contributed by atoms with van der Waals surface area (Å²) >= 11 is 0. The Balaban J connectivity index is 2.27. The van der Waals surface area contributed by atoms with Gasteiger partial charge >= 0.3 is 5.97 Å². The third-order valence-electron chi connectivity index (χ3n) is 2.68. The highest BCUT2D eigenvalue weighted by Crippen LogP contribution is 2.18. The van der Waals surface area contributed by atoms with Crippen LogP contribution in [0, 0.1) is 0 Å². The molecule has 0 saturated carbocycles. The quantitative estimate of drug-likeness (QED) is 0.532. The zero-order valence-corrected chi connectivity index (χ0v) is 10.6. The monoisotopic (exact) mass is 248 g/mol. The summed E-state index contributed by atoms with van der Waals surface area (Å²) in [5, 5.41) is 8.98. The van der Waals surface area contributed by atoms with Gasteiger partial charge in [-0.2, -0.15) is 0 Å². The summed E-state index contributed by atoms with van der Waals surface area (Å²) in [6.45, 7) is 4.25. The molecule has 0 aliphatic heterocycles. The van der Waals surface area contributed by atoms with Crippen LogP contribution in [0.25, 0.3) is 0 Å². The molecule has 0 amide bonds. The fourth-order valence-electron chi connectivity index (χ4n) is 1.70. The van der Waals surface area contributed by atoms with Crippen molar-refractivity contribution in [1.29, 1.82) is 0 Å². The van der Waals surface area contributed by atoms with Gasteiger partial charge in [-0.15, -0.1) is 6.58 Å².